The number of ether oxygens (including phenoxy) is 2. The molecule has 130 valence electrons. The van der Waals surface area contributed by atoms with Gasteiger partial charge in [-0.1, -0.05) is 6.92 Å². The Hall–Kier alpha value is -0.110. The summed E-state index contributed by atoms with van der Waals surface area (Å²) in [5, 5.41) is 3.23. The molecule has 3 rings (SSSR count). The zero-order valence-corrected chi connectivity index (χ0v) is 14.7. The van der Waals surface area contributed by atoms with Crippen molar-refractivity contribution in [1.29, 1.82) is 0 Å². The molecule has 0 aliphatic carbocycles. The number of halogens is 2. The van der Waals surface area contributed by atoms with Gasteiger partial charge in [-0.2, -0.15) is 0 Å². The first-order valence-electron chi connectivity index (χ1n) is 7.68. The fourth-order valence-corrected chi connectivity index (χ4v) is 3.44. The molecule has 0 radical (unpaired) electrons. The zero-order chi connectivity index (χ0) is 13.9. The van der Waals surface area contributed by atoms with E-state index in [0.717, 1.165) is 45.9 Å². The maximum Gasteiger partial charge on any atom is 0.253 e. The van der Waals surface area contributed by atoms with Crippen molar-refractivity contribution in [3.63, 3.8) is 0 Å². The van der Waals surface area contributed by atoms with Crippen LogP contribution >= 0.6 is 24.8 Å². The highest BCUT2D eigenvalue weighted by atomic mass is 35.5. The summed E-state index contributed by atoms with van der Waals surface area (Å²) in [7, 11) is 0. The number of hydrogen-bond donors (Lipinski definition) is 1. The quantitative estimate of drug-likeness (QED) is 0.755. The molecule has 3 aliphatic rings. The number of carbonyl (C=O) groups excluding carboxylic acids is 1. The van der Waals surface area contributed by atoms with E-state index in [1.807, 2.05) is 4.90 Å². The van der Waals surface area contributed by atoms with Gasteiger partial charge >= 0.3 is 0 Å². The number of morpholine rings is 2. The fourth-order valence-electron chi connectivity index (χ4n) is 3.44. The molecule has 0 aromatic carbocycles. The minimum Gasteiger partial charge on any atom is -0.379 e. The first-order chi connectivity index (χ1) is 9.75. The van der Waals surface area contributed by atoms with Crippen molar-refractivity contribution in [1.82, 2.24) is 15.1 Å². The second-order valence-corrected chi connectivity index (χ2v) is 6.00. The molecule has 3 fully saturated rings. The Morgan fingerprint density at radius 1 is 1.14 bits per heavy atom. The summed E-state index contributed by atoms with van der Waals surface area (Å²) in [6.45, 7) is 9.64. The van der Waals surface area contributed by atoms with Crippen LogP contribution < -0.4 is 5.32 Å². The number of carbonyl (C=O) groups is 1. The monoisotopic (exact) mass is 355 g/mol. The van der Waals surface area contributed by atoms with Gasteiger partial charge in [-0.05, 0) is 5.92 Å². The van der Waals surface area contributed by atoms with E-state index in [1.165, 1.54) is 0 Å². The zero-order valence-electron chi connectivity index (χ0n) is 13.0. The van der Waals surface area contributed by atoms with Crippen LogP contribution in [0, 0.1) is 5.92 Å². The van der Waals surface area contributed by atoms with E-state index >= 15 is 0 Å². The first kappa shape index (κ1) is 19.9. The highest BCUT2D eigenvalue weighted by molar-refractivity contribution is 5.85. The normalized spacial score (nSPS) is 33.0. The highest BCUT2D eigenvalue weighted by Gasteiger charge is 2.39. The SMILES string of the molecule is CC1CN(C(=O)C2CNCCO2)CC1N1CCOCC1.Cl.Cl. The van der Waals surface area contributed by atoms with Gasteiger partial charge in [0.2, 0.25) is 0 Å². The number of nitrogens with zero attached hydrogens (tertiary/aromatic N) is 2. The lowest BCUT2D eigenvalue weighted by Gasteiger charge is -2.34. The highest BCUT2D eigenvalue weighted by Crippen LogP contribution is 2.23. The number of nitrogens with one attached hydrogen (secondary N) is 1. The van der Waals surface area contributed by atoms with Gasteiger partial charge < -0.3 is 19.7 Å². The van der Waals surface area contributed by atoms with Crippen LogP contribution in [0.5, 0.6) is 0 Å². The van der Waals surface area contributed by atoms with Crippen LogP contribution in [-0.4, -0.2) is 86.9 Å². The second-order valence-electron chi connectivity index (χ2n) is 6.00. The molecule has 1 amide bonds. The van der Waals surface area contributed by atoms with E-state index in [2.05, 4.69) is 17.1 Å². The molecule has 8 heteroatoms. The van der Waals surface area contributed by atoms with Crippen LogP contribution in [0.1, 0.15) is 6.92 Å². The molecule has 6 nitrogen and oxygen atoms in total. The Morgan fingerprint density at radius 3 is 2.50 bits per heavy atom. The molecule has 3 aliphatic heterocycles. The van der Waals surface area contributed by atoms with E-state index in [4.69, 9.17) is 9.47 Å². The molecule has 3 saturated heterocycles. The van der Waals surface area contributed by atoms with Gasteiger partial charge in [-0.15, -0.1) is 24.8 Å². The Balaban J connectivity index is 0.00000121. The smallest absolute Gasteiger partial charge is 0.253 e. The molecule has 22 heavy (non-hydrogen) atoms. The maximum atomic E-state index is 12.5. The molecule has 3 heterocycles. The van der Waals surface area contributed by atoms with Crippen molar-refractivity contribution >= 4 is 30.7 Å². The van der Waals surface area contributed by atoms with Crippen LogP contribution in [0.2, 0.25) is 0 Å². The third-order valence-electron chi connectivity index (χ3n) is 4.60. The Labute approximate surface area is 144 Å². The van der Waals surface area contributed by atoms with Crippen molar-refractivity contribution in [2.24, 2.45) is 5.92 Å². The standard InChI is InChI=1S/C14H25N3O3.2ClH/c1-11-9-17(14(18)13-8-15-2-5-20-13)10-12(11)16-3-6-19-7-4-16;;/h11-13,15H,2-10H2,1H3;2*1H. The summed E-state index contributed by atoms with van der Waals surface area (Å²) in [5.74, 6) is 0.674. The number of hydrogen-bond acceptors (Lipinski definition) is 5. The maximum absolute atomic E-state index is 12.5. The molecule has 1 N–H and O–H groups in total. The summed E-state index contributed by atoms with van der Waals surface area (Å²) in [5.41, 5.74) is 0. The van der Waals surface area contributed by atoms with E-state index in [-0.39, 0.29) is 36.8 Å². The van der Waals surface area contributed by atoms with Crippen LogP contribution in [0.3, 0.4) is 0 Å². The summed E-state index contributed by atoms with van der Waals surface area (Å²) in [4.78, 5) is 17.0. The second kappa shape index (κ2) is 9.25. The molecule has 0 aromatic rings. The largest absolute Gasteiger partial charge is 0.379 e. The lowest BCUT2D eigenvalue weighted by Crippen LogP contribution is -2.50. The Morgan fingerprint density at radius 2 is 1.86 bits per heavy atom. The molecular formula is C14H27Cl2N3O3. The Bertz CT molecular complexity index is 350. The first-order valence-corrected chi connectivity index (χ1v) is 7.68. The van der Waals surface area contributed by atoms with Crippen molar-refractivity contribution in [2.75, 3.05) is 59.1 Å². The minimum absolute atomic E-state index is 0. The van der Waals surface area contributed by atoms with E-state index in [9.17, 15) is 4.79 Å². The van der Waals surface area contributed by atoms with Gasteiger partial charge in [-0.25, -0.2) is 0 Å². The summed E-state index contributed by atoms with van der Waals surface area (Å²) < 4.78 is 11.0. The topological polar surface area (TPSA) is 54.0 Å². The van der Waals surface area contributed by atoms with E-state index in [0.29, 0.717) is 25.1 Å². The Kier molecular flexibility index (Phi) is 8.38. The molecule has 3 atom stereocenters. The lowest BCUT2D eigenvalue weighted by atomic mass is 10.0. The van der Waals surface area contributed by atoms with Gasteiger partial charge in [0.25, 0.3) is 5.91 Å². The fraction of sp³-hybridized carbons (Fsp3) is 0.929. The van der Waals surface area contributed by atoms with E-state index < -0.39 is 0 Å². The molecular weight excluding hydrogens is 329 g/mol. The number of rotatable bonds is 2. The average Bonchev–Trinajstić information content (AvgIpc) is 2.90. The molecule has 0 bridgehead atoms. The summed E-state index contributed by atoms with van der Waals surface area (Å²) in [6, 6.07) is 0.472. The third-order valence-corrected chi connectivity index (χ3v) is 4.60. The van der Waals surface area contributed by atoms with Crippen molar-refractivity contribution in [3.05, 3.63) is 0 Å². The van der Waals surface area contributed by atoms with Crippen molar-refractivity contribution in [2.45, 2.75) is 19.1 Å². The van der Waals surface area contributed by atoms with Gasteiger partial charge in [-0.3, -0.25) is 9.69 Å². The average molecular weight is 356 g/mol. The lowest BCUT2D eigenvalue weighted by molar-refractivity contribution is -0.144. The summed E-state index contributed by atoms with van der Waals surface area (Å²) >= 11 is 0. The third kappa shape index (κ3) is 4.46. The van der Waals surface area contributed by atoms with Gasteiger partial charge in [0.15, 0.2) is 0 Å². The number of likely N-dealkylation sites (tertiary alicyclic amines) is 1. The van der Waals surface area contributed by atoms with Crippen LogP contribution in [0.25, 0.3) is 0 Å². The predicted molar refractivity (Wildman–Crippen MR) is 89.0 cm³/mol. The van der Waals surface area contributed by atoms with Crippen molar-refractivity contribution < 1.29 is 14.3 Å². The predicted octanol–water partition coefficient (Wildman–Crippen LogP) is -0.00250. The van der Waals surface area contributed by atoms with Crippen LogP contribution in [-0.2, 0) is 14.3 Å². The van der Waals surface area contributed by atoms with Crippen LogP contribution in [0.4, 0.5) is 0 Å². The van der Waals surface area contributed by atoms with Crippen LogP contribution in [0.15, 0.2) is 0 Å². The van der Waals surface area contributed by atoms with E-state index in [1.54, 1.807) is 0 Å². The summed E-state index contributed by atoms with van der Waals surface area (Å²) in [6.07, 6.45) is -0.292. The minimum atomic E-state index is -0.292. The molecule has 0 saturated carbocycles. The van der Waals surface area contributed by atoms with Gasteiger partial charge in [0.1, 0.15) is 6.10 Å². The number of amides is 1. The van der Waals surface area contributed by atoms with Gasteiger partial charge in [0.05, 0.1) is 19.8 Å². The molecule has 0 aromatic heterocycles. The van der Waals surface area contributed by atoms with Gasteiger partial charge in [0, 0.05) is 45.3 Å². The molecule has 0 spiro atoms. The molecule has 3 unspecified atom stereocenters. The van der Waals surface area contributed by atoms with Crippen molar-refractivity contribution in [3.8, 4) is 0 Å².